The molecular weight excluding hydrogens is 505 g/mol. The Kier molecular flexibility index (Phi) is 8.70. The number of halogens is 2. The van der Waals surface area contributed by atoms with Gasteiger partial charge in [0, 0.05) is 18.6 Å². The Morgan fingerprint density at radius 2 is 1.67 bits per heavy atom. The number of hydrogen-bond acceptors (Lipinski definition) is 4. The number of carbonyl (C=O) groups is 2. The van der Waals surface area contributed by atoms with Crippen LogP contribution in [-0.4, -0.2) is 44.8 Å². The molecule has 0 aliphatic rings. The maximum absolute atomic E-state index is 13.7. The smallest absolute Gasteiger partial charge is 0.264 e. The summed E-state index contributed by atoms with van der Waals surface area (Å²) in [7, 11) is -2.71. The van der Waals surface area contributed by atoms with E-state index in [1.165, 1.54) is 54.4 Å². The average molecular weight is 532 g/mol. The summed E-state index contributed by atoms with van der Waals surface area (Å²) in [4.78, 5) is 27.4. The van der Waals surface area contributed by atoms with Gasteiger partial charge < -0.3 is 10.2 Å². The Morgan fingerprint density at radius 1 is 1.03 bits per heavy atom. The van der Waals surface area contributed by atoms with Gasteiger partial charge in [0.2, 0.25) is 11.8 Å². The molecule has 0 saturated carbocycles. The van der Waals surface area contributed by atoms with E-state index >= 15 is 0 Å². The van der Waals surface area contributed by atoms with Crippen molar-refractivity contribution < 1.29 is 22.4 Å². The molecule has 190 valence electrons. The zero-order chi connectivity index (χ0) is 26.5. The fourth-order valence-corrected chi connectivity index (χ4v) is 5.44. The second-order valence-corrected chi connectivity index (χ2v) is 10.5. The van der Waals surface area contributed by atoms with Crippen molar-refractivity contribution in [1.29, 1.82) is 0 Å². The third kappa shape index (κ3) is 6.22. The van der Waals surface area contributed by atoms with Crippen molar-refractivity contribution in [3.63, 3.8) is 0 Å². The van der Waals surface area contributed by atoms with Gasteiger partial charge in [-0.15, -0.1) is 0 Å². The van der Waals surface area contributed by atoms with Gasteiger partial charge in [-0.25, -0.2) is 12.8 Å². The summed E-state index contributed by atoms with van der Waals surface area (Å²) in [6.45, 7) is 2.65. The van der Waals surface area contributed by atoms with E-state index in [1.54, 1.807) is 44.2 Å². The first-order valence-electron chi connectivity index (χ1n) is 11.1. The molecule has 0 saturated heterocycles. The predicted molar refractivity (Wildman–Crippen MR) is 138 cm³/mol. The molecule has 0 spiro atoms. The number of amides is 2. The number of aryl methyl sites for hydroxylation is 1. The lowest BCUT2D eigenvalue weighted by molar-refractivity contribution is -0.139. The van der Waals surface area contributed by atoms with E-state index in [9.17, 15) is 22.4 Å². The second-order valence-electron chi connectivity index (χ2n) is 8.19. The van der Waals surface area contributed by atoms with Crippen LogP contribution in [0.25, 0.3) is 0 Å². The minimum atomic E-state index is -4.16. The van der Waals surface area contributed by atoms with Gasteiger partial charge in [0.25, 0.3) is 10.0 Å². The molecule has 0 aromatic heterocycles. The first-order chi connectivity index (χ1) is 17.0. The van der Waals surface area contributed by atoms with Gasteiger partial charge in [-0.3, -0.25) is 13.9 Å². The summed E-state index contributed by atoms with van der Waals surface area (Å²) in [6, 6.07) is 17.1. The van der Waals surface area contributed by atoms with Crippen LogP contribution in [0.2, 0.25) is 5.02 Å². The molecule has 10 heteroatoms. The number of nitrogens with one attached hydrogen (secondary N) is 1. The lowest BCUT2D eigenvalue weighted by Gasteiger charge is -2.32. The van der Waals surface area contributed by atoms with Crippen LogP contribution in [0.5, 0.6) is 0 Å². The van der Waals surface area contributed by atoms with Gasteiger partial charge in [0.15, 0.2) is 0 Å². The lowest BCUT2D eigenvalue weighted by Crippen LogP contribution is -2.50. The topological polar surface area (TPSA) is 86.8 Å². The molecule has 2 amide bonds. The molecular formula is C26H27ClFN3O4S. The number of anilines is 1. The molecule has 0 fully saturated rings. The first kappa shape index (κ1) is 27.2. The predicted octanol–water partition coefficient (Wildman–Crippen LogP) is 4.15. The minimum Gasteiger partial charge on any atom is -0.357 e. The van der Waals surface area contributed by atoms with E-state index in [1.807, 2.05) is 0 Å². The number of likely N-dealkylation sites (N-methyl/N-ethyl adjacent to an activating group) is 1. The molecule has 0 aliphatic heterocycles. The van der Waals surface area contributed by atoms with Crippen LogP contribution in [0.4, 0.5) is 10.1 Å². The molecule has 3 aromatic rings. The summed E-state index contributed by atoms with van der Waals surface area (Å²) in [5.41, 5.74) is 1.42. The van der Waals surface area contributed by atoms with Gasteiger partial charge in [-0.1, -0.05) is 41.9 Å². The molecule has 1 atom stereocenters. The molecule has 7 nitrogen and oxygen atoms in total. The highest BCUT2D eigenvalue weighted by Crippen LogP contribution is 2.29. The summed E-state index contributed by atoms with van der Waals surface area (Å²) in [5, 5.41) is 2.93. The Bertz CT molecular complexity index is 1340. The van der Waals surface area contributed by atoms with Gasteiger partial charge >= 0.3 is 0 Å². The summed E-state index contributed by atoms with van der Waals surface area (Å²) in [6.07, 6.45) is 0. The highest BCUT2D eigenvalue weighted by molar-refractivity contribution is 7.92. The minimum absolute atomic E-state index is 0.0107. The van der Waals surface area contributed by atoms with E-state index in [-0.39, 0.29) is 17.1 Å². The van der Waals surface area contributed by atoms with E-state index in [0.717, 1.165) is 4.31 Å². The van der Waals surface area contributed by atoms with E-state index in [0.29, 0.717) is 16.1 Å². The standard InChI is InChI=1S/C26H27ClFN3O4S/c1-18-15-21(27)11-14-24(18)31(36(34,35)23-7-5-4-6-8-23)17-25(32)30(19(2)26(33)29-3)16-20-9-12-22(28)13-10-20/h4-15,19H,16-17H2,1-3H3,(H,29,33). The zero-order valence-electron chi connectivity index (χ0n) is 20.1. The number of benzene rings is 3. The normalized spacial score (nSPS) is 12.0. The van der Waals surface area contributed by atoms with Crippen LogP contribution in [0.3, 0.4) is 0 Å². The Labute approximate surface area is 215 Å². The van der Waals surface area contributed by atoms with Crippen LogP contribution in [0.15, 0.2) is 77.7 Å². The van der Waals surface area contributed by atoms with Crippen molar-refractivity contribution in [1.82, 2.24) is 10.2 Å². The van der Waals surface area contributed by atoms with Crippen molar-refractivity contribution in [2.75, 3.05) is 17.9 Å². The van der Waals surface area contributed by atoms with Crippen molar-refractivity contribution in [3.8, 4) is 0 Å². The number of rotatable bonds is 9. The third-order valence-corrected chi connectivity index (χ3v) is 7.73. The molecule has 3 rings (SSSR count). The maximum atomic E-state index is 13.7. The molecule has 36 heavy (non-hydrogen) atoms. The van der Waals surface area contributed by atoms with Crippen molar-refractivity contribution in [3.05, 3.63) is 94.8 Å². The lowest BCUT2D eigenvalue weighted by atomic mass is 10.1. The Hall–Kier alpha value is -3.43. The van der Waals surface area contributed by atoms with Crippen LogP contribution in [-0.2, 0) is 26.2 Å². The van der Waals surface area contributed by atoms with E-state index in [2.05, 4.69) is 5.32 Å². The summed E-state index contributed by atoms with van der Waals surface area (Å²) < 4.78 is 41.8. The molecule has 1 unspecified atom stereocenters. The third-order valence-electron chi connectivity index (χ3n) is 5.72. The van der Waals surface area contributed by atoms with Crippen LogP contribution in [0, 0.1) is 12.7 Å². The molecule has 0 bridgehead atoms. The molecule has 3 aromatic carbocycles. The van der Waals surface area contributed by atoms with E-state index < -0.39 is 40.2 Å². The monoisotopic (exact) mass is 531 g/mol. The molecule has 0 heterocycles. The number of hydrogen-bond donors (Lipinski definition) is 1. The number of nitrogens with zero attached hydrogens (tertiary/aromatic N) is 2. The summed E-state index contributed by atoms with van der Waals surface area (Å²) >= 11 is 6.09. The molecule has 0 aliphatic carbocycles. The van der Waals surface area contributed by atoms with Crippen molar-refractivity contribution >= 4 is 39.1 Å². The largest absolute Gasteiger partial charge is 0.357 e. The molecule has 1 N–H and O–H groups in total. The number of sulfonamides is 1. The van der Waals surface area contributed by atoms with Gasteiger partial charge in [-0.2, -0.15) is 0 Å². The highest BCUT2D eigenvalue weighted by Gasteiger charge is 2.32. The molecule has 0 radical (unpaired) electrons. The zero-order valence-corrected chi connectivity index (χ0v) is 21.7. The van der Waals surface area contributed by atoms with E-state index in [4.69, 9.17) is 11.6 Å². The Morgan fingerprint density at radius 3 is 2.25 bits per heavy atom. The second kappa shape index (κ2) is 11.5. The van der Waals surface area contributed by atoms with Crippen molar-refractivity contribution in [2.45, 2.75) is 31.3 Å². The van der Waals surface area contributed by atoms with Gasteiger partial charge in [-0.05, 0) is 67.4 Å². The SMILES string of the molecule is CNC(=O)C(C)N(Cc1ccc(F)cc1)C(=O)CN(c1ccc(Cl)cc1C)S(=O)(=O)c1ccccc1. The van der Waals surface area contributed by atoms with Gasteiger partial charge in [0.05, 0.1) is 10.6 Å². The fourth-order valence-electron chi connectivity index (χ4n) is 3.71. The highest BCUT2D eigenvalue weighted by atomic mass is 35.5. The Balaban J connectivity index is 2.05. The van der Waals surface area contributed by atoms with Crippen LogP contribution in [0.1, 0.15) is 18.1 Å². The quantitative estimate of drug-likeness (QED) is 0.449. The summed E-state index contributed by atoms with van der Waals surface area (Å²) in [5.74, 6) is -1.47. The average Bonchev–Trinajstić information content (AvgIpc) is 2.86. The first-order valence-corrected chi connectivity index (χ1v) is 13.0. The van der Waals surface area contributed by atoms with Crippen LogP contribution < -0.4 is 9.62 Å². The maximum Gasteiger partial charge on any atom is 0.264 e. The fraction of sp³-hybridized carbons (Fsp3) is 0.231. The van der Waals surface area contributed by atoms with Gasteiger partial charge in [0.1, 0.15) is 18.4 Å². The van der Waals surface area contributed by atoms with Crippen LogP contribution >= 0.6 is 11.6 Å². The number of carbonyl (C=O) groups excluding carboxylic acids is 2. The van der Waals surface area contributed by atoms with Crippen molar-refractivity contribution in [2.24, 2.45) is 0 Å².